The van der Waals surface area contributed by atoms with Gasteiger partial charge in [-0.3, -0.25) is 0 Å². The standard InChI is InChI=1S/C13H18N4O2S/c1-8-9(2)17(12-10(8)11(14)15-7-16-12)13(3)4-5-20(18,19)6-13/h7H,4-6H2,1-3H3,(H2,14,15,16). The highest BCUT2D eigenvalue weighted by Crippen LogP contribution is 2.38. The Kier molecular flexibility index (Phi) is 2.63. The van der Waals surface area contributed by atoms with Crippen molar-refractivity contribution in [1.29, 1.82) is 0 Å². The molecule has 0 saturated carbocycles. The van der Waals surface area contributed by atoms with Crippen molar-refractivity contribution >= 4 is 26.7 Å². The molecule has 1 unspecified atom stereocenters. The number of nitrogens with zero attached hydrogens (tertiary/aromatic N) is 3. The van der Waals surface area contributed by atoms with E-state index in [4.69, 9.17) is 5.73 Å². The van der Waals surface area contributed by atoms with E-state index in [0.29, 0.717) is 12.2 Å². The van der Waals surface area contributed by atoms with Gasteiger partial charge in [0.15, 0.2) is 9.84 Å². The summed E-state index contributed by atoms with van der Waals surface area (Å²) in [5, 5.41) is 0.829. The summed E-state index contributed by atoms with van der Waals surface area (Å²) in [5.74, 6) is 0.815. The molecule has 0 amide bonds. The van der Waals surface area contributed by atoms with Crippen molar-refractivity contribution in [2.45, 2.75) is 32.7 Å². The Morgan fingerprint density at radius 1 is 1.35 bits per heavy atom. The first-order valence-electron chi connectivity index (χ1n) is 6.54. The monoisotopic (exact) mass is 294 g/mol. The molecule has 1 atom stereocenters. The van der Waals surface area contributed by atoms with E-state index in [0.717, 1.165) is 22.3 Å². The molecule has 7 heteroatoms. The Hall–Kier alpha value is -1.63. The smallest absolute Gasteiger partial charge is 0.152 e. The molecule has 3 rings (SSSR count). The molecule has 1 saturated heterocycles. The summed E-state index contributed by atoms with van der Waals surface area (Å²) in [6.45, 7) is 5.93. The third-order valence-corrected chi connectivity index (χ3v) is 6.23. The molecule has 0 radical (unpaired) electrons. The summed E-state index contributed by atoms with van der Waals surface area (Å²) in [5.41, 5.74) is 8.24. The molecule has 2 N–H and O–H groups in total. The molecule has 0 aromatic carbocycles. The number of aryl methyl sites for hydroxylation is 1. The van der Waals surface area contributed by atoms with Crippen molar-refractivity contribution in [2.24, 2.45) is 0 Å². The van der Waals surface area contributed by atoms with E-state index in [1.165, 1.54) is 6.33 Å². The molecule has 2 aromatic rings. The zero-order chi connectivity index (χ0) is 14.7. The first-order chi connectivity index (χ1) is 9.25. The second-order valence-electron chi connectivity index (χ2n) is 5.84. The van der Waals surface area contributed by atoms with Gasteiger partial charge in [0.05, 0.1) is 22.4 Å². The summed E-state index contributed by atoms with van der Waals surface area (Å²) in [6, 6.07) is 0. The van der Waals surface area contributed by atoms with Crippen LogP contribution in [-0.2, 0) is 15.4 Å². The summed E-state index contributed by atoms with van der Waals surface area (Å²) >= 11 is 0. The molecule has 6 nitrogen and oxygen atoms in total. The number of sulfone groups is 1. The number of hydrogen-bond donors (Lipinski definition) is 1. The lowest BCUT2D eigenvalue weighted by Gasteiger charge is -2.27. The summed E-state index contributed by atoms with van der Waals surface area (Å²) in [6.07, 6.45) is 2.03. The number of fused-ring (bicyclic) bond motifs is 1. The molecular weight excluding hydrogens is 276 g/mol. The maximum absolute atomic E-state index is 11.9. The van der Waals surface area contributed by atoms with Crippen LogP contribution in [0.5, 0.6) is 0 Å². The number of nitrogens with two attached hydrogens (primary N) is 1. The average molecular weight is 294 g/mol. The van der Waals surface area contributed by atoms with Gasteiger partial charge in [0.1, 0.15) is 17.8 Å². The number of aromatic nitrogens is 3. The fourth-order valence-corrected chi connectivity index (χ4v) is 5.37. The minimum atomic E-state index is -2.98. The van der Waals surface area contributed by atoms with Gasteiger partial charge in [-0.25, -0.2) is 18.4 Å². The molecule has 1 fully saturated rings. The van der Waals surface area contributed by atoms with Crippen LogP contribution in [-0.4, -0.2) is 34.5 Å². The summed E-state index contributed by atoms with van der Waals surface area (Å²) in [4.78, 5) is 8.37. The van der Waals surface area contributed by atoms with Crippen molar-refractivity contribution in [3.8, 4) is 0 Å². The van der Waals surface area contributed by atoms with E-state index in [1.807, 2.05) is 25.3 Å². The van der Waals surface area contributed by atoms with E-state index >= 15 is 0 Å². The van der Waals surface area contributed by atoms with Gasteiger partial charge in [0, 0.05) is 5.69 Å². The maximum atomic E-state index is 11.9. The Morgan fingerprint density at radius 3 is 2.65 bits per heavy atom. The van der Waals surface area contributed by atoms with Crippen LogP contribution in [0.25, 0.3) is 11.0 Å². The highest BCUT2D eigenvalue weighted by Gasteiger charge is 2.42. The fraction of sp³-hybridized carbons (Fsp3) is 0.538. The number of hydrogen-bond acceptors (Lipinski definition) is 5. The molecule has 0 aliphatic carbocycles. The highest BCUT2D eigenvalue weighted by atomic mass is 32.2. The number of anilines is 1. The minimum Gasteiger partial charge on any atom is -0.383 e. The molecule has 1 aliphatic heterocycles. The van der Waals surface area contributed by atoms with Gasteiger partial charge in [-0.2, -0.15) is 0 Å². The molecule has 108 valence electrons. The predicted octanol–water partition coefficient (Wildman–Crippen LogP) is 1.16. The minimum absolute atomic E-state index is 0.147. The van der Waals surface area contributed by atoms with Crippen LogP contribution < -0.4 is 5.73 Å². The van der Waals surface area contributed by atoms with Gasteiger partial charge in [-0.1, -0.05) is 0 Å². The van der Waals surface area contributed by atoms with E-state index in [2.05, 4.69) is 9.97 Å². The van der Waals surface area contributed by atoms with Crippen molar-refractivity contribution in [3.63, 3.8) is 0 Å². The third-order valence-electron chi connectivity index (χ3n) is 4.34. The van der Waals surface area contributed by atoms with Gasteiger partial charge in [0.2, 0.25) is 0 Å². The van der Waals surface area contributed by atoms with Crippen molar-refractivity contribution in [3.05, 3.63) is 17.6 Å². The van der Waals surface area contributed by atoms with Gasteiger partial charge in [-0.15, -0.1) is 0 Å². The van der Waals surface area contributed by atoms with Crippen LogP contribution in [0.1, 0.15) is 24.6 Å². The van der Waals surface area contributed by atoms with Gasteiger partial charge < -0.3 is 10.3 Å². The van der Waals surface area contributed by atoms with Crippen molar-refractivity contribution < 1.29 is 8.42 Å². The topological polar surface area (TPSA) is 90.9 Å². The summed E-state index contributed by atoms with van der Waals surface area (Å²) < 4.78 is 25.8. The first kappa shape index (κ1) is 13.4. The second-order valence-corrected chi connectivity index (χ2v) is 8.03. The van der Waals surface area contributed by atoms with E-state index < -0.39 is 15.4 Å². The van der Waals surface area contributed by atoms with E-state index in [1.54, 1.807) is 0 Å². The molecule has 2 aromatic heterocycles. The zero-order valence-electron chi connectivity index (χ0n) is 11.8. The van der Waals surface area contributed by atoms with Crippen LogP contribution in [0.15, 0.2) is 6.33 Å². The highest BCUT2D eigenvalue weighted by molar-refractivity contribution is 7.91. The normalized spacial score (nSPS) is 25.4. The quantitative estimate of drug-likeness (QED) is 0.852. The van der Waals surface area contributed by atoms with Crippen molar-refractivity contribution in [2.75, 3.05) is 17.2 Å². The second kappa shape index (κ2) is 3.94. The lowest BCUT2D eigenvalue weighted by atomic mass is 10.0. The third kappa shape index (κ3) is 1.72. The SMILES string of the molecule is Cc1c(C)n(C2(C)CCS(=O)(=O)C2)c2ncnc(N)c12. The fourth-order valence-electron chi connectivity index (χ4n) is 3.26. The molecule has 0 bridgehead atoms. The van der Waals surface area contributed by atoms with E-state index in [-0.39, 0.29) is 11.5 Å². The molecule has 1 aliphatic rings. The predicted molar refractivity (Wildman–Crippen MR) is 78.3 cm³/mol. The van der Waals surface area contributed by atoms with Crippen molar-refractivity contribution in [1.82, 2.24) is 14.5 Å². The van der Waals surface area contributed by atoms with E-state index in [9.17, 15) is 8.42 Å². The first-order valence-corrected chi connectivity index (χ1v) is 8.36. The van der Waals surface area contributed by atoms with Gasteiger partial charge in [0.25, 0.3) is 0 Å². The molecular formula is C13H18N4O2S. The van der Waals surface area contributed by atoms with Crippen LogP contribution in [0.3, 0.4) is 0 Å². The number of rotatable bonds is 1. The largest absolute Gasteiger partial charge is 0.383 e. The van der Waals surface area contributed by atoms with Crippen LogP contribution in [0, 0.1) is 13.8 Å². The maximum Gasteiger partial charge on any atom is 0.152 e. The van der Waals surface area contributed by atoms with Crippen LogP contribution in [0.4, 0.5) is 5.82 Å². The Morgan fingerprint density at radius 2 is 2.05 bits per heavy atom. The molecule has 0 spiro atoms. The molecule has 20 heavy (non-hydrogen) atoms. The van der Waals surface area contributed by atoms with Gasteiger partial charge >= 0.3 is 0 Å². The van der Waals surface area contributed by atoms with Crippen LogP contribution >= 0.6 is 0 Å². The van der Waals surface area contributed by atoms with Crippen LogP contribution in [0.2, 0.25) is 0 Å². The average Bonchev–Trinajstić information content (AvgIpc) is 2.77. The Labute approximate surface area is 117 Å². The lowest BCUT2D eigenvalue weighted by molar-refractivity contribution is 0.369. The summed E-state index contributed by atoms with van der Waals surface area (Å²) in [7, 11) is -2.98. The Balaban J connectivity index is 2.33. The lowest BCUT2D eigenvalue weighted by Crippen LogP contribution is -2.32. The zero-order valence-corrected chi connectivity index (χ0v) is 12.7. The van der Waals surface area contributed by atoms with Gasteiger partial charge in [-0.05, 0) is 32.8 Å². The number of nitrogen functional groups attached to an aromatic ring is 1. The Bertz CT molecular complexity index is 809. The molecule has 3 heterocycles.